The molecule has 0 aliphatic rings. The van der Waals surface area contributed by atoms with E-state index in [9.17, 15) is 8.78 Å². The lowest BCUT2D eigenvalue weighted by molar-refractivity contribution is 0.571. The SMILES string of the molecule is CC.Cc1c(F)ccc(NSc2ccc(Cl)cc2Cl)c1F. The predicted molar refractivity (Wildman–Crippen MR) is 88.4 cm³/mol. The van der Waals surface area contributed by atoms with Gasteiger partial charge in [-0.3, -0.25) is 0 Å². The van der Waals surface area contributed by atoms with Crippen molar-refractivity contribution in [3.05, 3.63) is 57.6 Å². The fourth-order valence-corrected chi connectivity index (χ4v) is 2.60. The molecule has 0 aliphatic carbocycles. The van der Waals surface area contributed by atoms with E-state index in [0.29, 0.717) is 14.9 Å². The summed E-state index contributed by atoms with van der Waals surface area (Å²) in [7, 11) is 0. The van der Waals surface area contributed by atoms with Crippen LogP contribution < -0.4 is 4.72 Å². The van der Waals surface area contributed by atoms with Crippen LogP contribution in [0.3, 0.4) is 0 Å². The maximum atomic E-state index is 13.8. The van der Waals surface area contributed by atoms with Crippen molar-refractivity contribution >= 4 is 40.8 Å². The second-order valence-corrected chi connectivity index (χ2v) is 5.50. The van der Waals surface area contributed by atoms with Crippen molar-refractivity contribution in [3.8, 4) is 0 Å². The fourth-order valence-electron chi connectivity index (χ4n) is 1.41. The molecule has 0 saturated carbocycles. The van der Waals surface area contributed by atoms with E-state index in [1.54, 1.807) is 18.2 Å². The van der Waals surface area contributed by atoms with Crippen LogP contribution in [0.1, 0.15) is 19.4 Å². The number of hydrogen-bond donors (Lipinski definition) is 1. The standard InChI is InChI=1S/C13H9Cl2F2NS.C2H6/c1-7-10(16)3-4-11(13(7)17)18-19-12-5-2-8(14)6-9(12)15;1-2/h2-6,18H,1H3;1-2H3. The quantitative estimate of drug-likeness (QED) is 0.616. The summed E-state index contributed by atoms with van der Waals surface area (Å²) >= 11 is 12.9. The van der Waals surface area contributed by atoms with Gasteiger partial charge in [-0.05, 0) is 49.2 Å². The van der Waals surface area contributed by atoms with Crippen molar-refractivity contribution < 1.29 is 8.78 Å². The normalized spacial score (nSPS) is 9.86. The van der Waals surface area contributed by atoms with Crippen LogP contribution in [0.5, 0.6) is 0 Å². The molecule has 0 fully saturated rings. The molecule has 0 spiro atoms. The Morgan fingerprint density at radius 1 is 1.05 bits per heavy atom. The van der Waals surface area contributed by atoms with E-state index in [2.05, 4.69) is 4.72 Å². The minimum Gasteiger partial charge on any atom is -0.323 e. The lowest BCUT2D eigenvalue weighted by Crippen LogP contribution is -1.96. The molecule has 1 nitrogen and oxygen atoms in total. The van der Waals surface area contributed by atoms with Gasteiger partial charge in [0.05, 0.1) is 10.7 Å². The first-order valence-electron chi connectivity index (χ1n) is 6.31. The number of halogens is 4. The molecule has 2 rings (SSSR count). The Hall–Kier alpha value is -0.970. The van der Waals surface area contributed by atoms with Crippen LogP contribution in [-0.2, 0) is 0 Å². The largest absolute Gasteiger partial charge is 0.323 e. The lowest BCUT2D eigenvalue weighted by Gasteiger charge is -2.09. The zero-order valence-electron chi connectivity index (χ0n) is 11.8. The summed E-state index contributed by atoms with van der Waals surface area (Å²) in [5, 5.41) is 0.988. The summed E-state index contributed by atoms with van der Waals surface area (Å²) in [5.41, 5.74) is 0.183. The van der Waals surface area contributed by atoms with E-state index in [-0.39, 0.29) is 11.3 Å². The molecule has 0 amide bonds. The Bertz CT molecular complexity index is 621. The number of hydrogen-bond acceptors (Lipinski definition) is 2. The average molecular weight is 350 g/mol. The maximum absolute atomic E-state index is 13.8. The van der Waals surface area contributed by atoms with Crippen molar-refractivity contribution in [1.29, 1.82) is 0 Å². The van der Waals surface area contributed by atoms with Crippen molar-refractivity contribution in [2.24, 2.45) is 0 Å². The zero-order valence-corrected chi connectivity index (χ0v) is 14.1. The first-order valence-corrected chi connectivity index (χ1v) is 7.89. The van der Waals surface area contributed by atoms with Crippen molar-refractivity contribution in [1.82, 2.24) is 0 Å². The highest BCUT2D eigenvalue weighted by Crippen LogP contribution is 2.31. The van der Waals surface area contributed by atoms with Crippen molar-refractivity contribution in [3.63, 3.8) is 0 Å². The van der Waals surface area contributed by atoms with E-state index in [1.807, 2.05) is 13.8 Å². The highest BCUT2D eigenvalue weighted by molar-refractivity contribution is 8.00. The van der Waals surface area contributed by atoms with Gasteiger partial charge < -0.3 is 4.72 Å². The molecule has 0 unspecified atom stereocenters. The van der Waals surface area contributed by atoms with Crippen LogP contribution in [0.25, 0.3) is 0 Å². The predicted octanol–water partition coefficient (Wildman–Crippen LogP) is 6.73. The molecule has 1 N–H and O–H groups in total. The minimum absolute atomic E-state index is 0.0206. The summed E-state index contributed by atoms with van der Waals surface area (Å²) in [6.45, 7) is 5.38. The molecule has 2 aromatic carbocycles. The van der Waals surface area contributed by atoms with Crippen LogP contribution in [0.2, 0.25) is 10.0 Å². The monoisotopic (exact) mass is 349 g/mol. The Morgan fingerprint density at radius 2 is 1.71 bits per heavy atom. The molecule has 0 radical (unpaired) electrons. The first kappa shape index (κ1) is 18.1. The summed E-state index contributed by atoms with van der Waals surface area (Å²) in [6, 6.07) is 7.55. The van der Waals surface area contributed by atoms with Gasteiger partial charge in [0.1, 0.15) is 5.82 Å². The Kier molecular flexibility index (Phi) is 7.29. The smallest absolute Gasteiger partial charge is 0.152 e. The molecule has 21 heavy (non-hydrogen) atoms. The average Bonchev–Trinajstić information content (AvgIpc) is 2.48. The molecule has 0 atom stereocenters. The van der Waals surface area contributed by atoms with Crippen LogP contribution >= 0.6 is 35.1 Å². The van der Waals surface area contributed by atoms with Crippen LogP contribution in [0.15, 0.2) is 35.2 Å². The summed E-state index contributed by atoms with van der Waals surface area (Å²) < 4.78 is 29.7. The molecule has 0 aromatic heterocycles. The molecule has 0 saturated heterocycles. The summed E-state index contributed by atoms with van der Waals surface area (Å²) in [4.78, 5) is 0.701. The van der Waals surface area contributed by atoms with E-state index in [4.69, 9.17) is 23.2 Å². The molecule has 0 heterocycles. The van der Waals surface area contributed by atoms with Gasteiger partial charge in [-0.2, -0.15) is 0 Å². The van der Waals surface area contributed by atoms with Gasteiger partial charge in [-0.25, -0.2) is 8.78 Å². The third-order valence-electron chi connectivity index (χ3n) is 2.49. The van der Waals surface area contributed by atoms with Gasteiger partial charge in [0, 0.05) is 15.5 Å². The number of anilines is 1. The maximum Gasteiger partial charge on any atom is 0.152 e. The molecule has 2 aromatic rings. The molecular weight excluding hydrogens is 335 g/mol. The van der Waals surface area contributed by atoms with Gasteiger partial charge in [0.15, 0.2) is 5.82 Å². The van der Waals surface area contributed by atoms with Gasteiger partial charge in [0.2, 0.25) is 0 Å². The Labute approximate surface area is 137 Å². The van der Waals surface area contributed by atoms with Crippen molar-refractivity contribution in [2.45, 2.75) is 25.7 Å². The lowest BCUT2D eigenvalue weighted by atomic mass is 10.2. The third kappa shape index (κ3) is 4.77. The van der Waals surface area contributed by atoms with Gasteiger partial charge in [-0.15, -0.1) is 0 Å². The molecule has 114 valence electrons. The van der Waals surface area contributed by atoms with Crippen LogP contribution in [-0.4, -0.2) is 0 Å². The summed E-state index contributed by atoms with van der Waals surface area (Å²) in [5.74, 6) is -1.19. The third-order valence-corrected chi connectivity index (χ3v) is 4.04. The Morgan fingerprint density at radius 3 is 2.33 bits per heavy atom. The highest BCUT2D eigenvalue weighted by Gasteiger charge is 2.10. The van der Waals surface area contributed by atoms with Gasteiger partial charge >= 0.3 is 0 Å². The Balaban J connectivity index is 0.00000106. The first-order chi connectivity index (χ1) is 9.99. The van der Waals surface area contributed by atoms with Gasteiger partial charge in [0.25, 0.3) is 0 Å². The molecule has 0 bridgehead atoms. The second kappa shape index (κ2) is 8.47. The van der Waals surface area contributed by atoms with Gasteiger partial charge in [-0.1, -0.05) is 37.0 Å². The topological polar surface area (TPSA) is 12.0 Å². The van der Waals surface area contributed by atoms with Crippen molar-refractivity contribution in [2.75, 3.05) is 4.72 Å². The number of nitrogens with one attached hydrogen (secondary N) is 1. The number of rotatable bonds is 3. The highest BCUT2D eigenvalue weighted by atomic mass is 35.5. The van der Waals surface area contributed by atoms with Crippen LogP contribution in [0.4, 0.5) is 14.5 Å². The van der Waals surface area contributed by atoms with E-state index >= 15 is 0 Å². The summed E-state index contributed by atoms with van der Waals surface area (Å²) in [6.07, 6.45) is 0. The van der Waals surface area contributed by atoms with E-state index in [1.165, 1.54) is 19.1 Å². The fraction of sp³-hybridized carbons (Fsp3) is 0.200. The molecule has 6 heteroatoms. The van der Waals surface area contributed by atoms with Crippen LogP contribution in [0, 0.1) is 18.6 Å². The van der Waals surface area contributed by atoms with E-state index in [0.717, 1.165) is 11.9 Å². The minimum atomic E-state index is -0.613. The number of benzene rings is 2. The molecule has 0 aliphatic heterocycles. The zero-order chi connectivity index (χ0) is 16.0. The molecular formula is C15H15Cl2F2NS. The van der Waals surface area contributed by atoms with E-state index < -0.39 is 11.6 Å². The second-order valence-electron chi connectivity index (χ2n) is 3.81.